The molecule has 6 nitrogen and oxygen atoms in total. The minimum atomic E-state index is -3.62. The zero-order valence-electron chi connectivity index (χ0n) is 15.9. The van der Waals surface area contributed by atoms with Gasteiger partial charge in [0, 0.05) is 29.4 Å². The largest absolute Gasteiger partial charge is 0.349 e. The molecule has 1 aliphatic rings. The standard InChI is InChI=1S/C20H24N2O4S2/c1-14(19-4-3-13-27-19)21-20(24)17-9-11-22(12-10-17)28(25,26)18-7-5-16(6-8-18)15(2)23/h3-8,13-14,17H,9-12H2,1-2H3,(H,21,24). The summed E-state index contributed by atoms with van der Waals surface area (Å²) in [4.78, 5) is 25.2. The van der Waals surface area contributed by atoms with Crippen LogP contribution in [-0.2, 0) is 14.8 Å². The fourth-order valence-corrected chi connectivity index (χ4v) is 5.51. The van der Waals surface area contributed by atoms with Crippen LogP contribution in [0.25, 0.3) is 0 Å². The number of rotatable bonds is 6. The summed E-state index contributed by atoms with van der Waals surface area (Å²) in [6.45, 7) is 4.01. The van der Waals surface area contributed by atoms with E-state index in [0.717, 1.165) is 4.88 Å². The van der Waals surface area contributed by atoms with Gasteiger partial charge >= 0.3 is 0 Å². The highest BCUT2D eigenvalue weighted by Gasteiger charge is 2.32. The van der Waals surface area contributed by atoms with E-state index in [4.69, 9.17) is 0 Å². The number of benzene rings is 1. The van der Waals surface area contributed by atoms with E-state index < -0.39 is 10.0 Å². The molecule has 1 fully saturated rings. The van der Waals surface area contributed by atoms with Crippen LogP contribution in [-0.4, -0.2) is 37.5 Å². The minimum absolute atomic E-state index is 0.0243. The quantitative estimate of drug-likeness (QED) is 0.727. The van der Waals surface area contributed by atoms with E-state index in [9.17, 15) is 18.0 Å². The van der Waals surface area contributed by atoms with Gasteiger partial charge in [-0.2, -0.15) is 4.31 Å². The molecule has 1 aliphatic heterocycles. The monoisotopic (exact) mass is 420 g/mol. The third kappa shape index (κ3) is 4.51. The highest BCUT2D eigenvalue weighted by Crippen LogP contribution is 2.25. The second kappa shape index (κ2) is 8.55. The summed E-state index contributed by atoms with van der Waals surface area (Å²) in [5.41, 5.74) is 0.481. The fourth-order valence-electron chi connectivity index (χ4n) is 3.31. The van der Waals surface area contributed by atoms with Crippen LogP contribution in [0.4, 0.5) is 0 Å². The zero-order chi connectivity index (χ0) is 20.3. The molecule has 0 bridgehead atoms. The molecule has 8 heteroatoms. The fraction of sp³-hybridized carbons (Fsp3) is 0.400. The second-order valence-electron chi connectivity index (χ2n) is 7.00. The van der Waals surface area contributed by atoms with Gasteiger partial charge < -0.3 is 5.32 Å². The van der Waals surface area contributed by atoms with Crippen molar-refractivity contribution in [3.63, 3.8) is 0 Å². The average Bonchev–Trinajstić information content (AvgIpc) is 3.23. The number of Topliss-reactive ketones (excluding diaryl/α,β-unsaturated/α-hetero) is 1. The maximum absolute atomic E-state index is 12.8. The summed E-state index contributed by atoms with van der Waals surface area (Å²) in [5, 5.41) is 5.00. The summed E-state index contributed by atoms with van der Waals surface area (Å²) in [6.07, 6.45) is 0.988. The molecule has 2 heterocycles. The van der Waals surface area contributed by atoms with Crippen LogP contribution in [0.15, 0.2) is 46.7 Å². The molecule has 1 saturated heterocycles. The molecule has 1 atom stereocenters. The van der Waals surface area contributed by atoms with Gasteiger partial charge in [-0.3, -0.25) is 9.59 Å². The lowest BCUT2D eigenvalue weighted by atomic mass is 9.97. The number of amides is 1. The predicted octanol–water partition coefficient (Wildman–Crippen LogP) is 3.23. The van der Waals surface area contributed by atoms with Gasteiger partial charge in [0.1, 0.15) is 0 Å². The van der Waals surface area contributed by atoms with Gasteiger partial charge in [-0.15, -0.1) is 11.3 Å². The summed E-state index contributed by atoms with van der Waals surface area (Å²) < 4.78 is 27.1. The van der Waals surface area contributed by atoms with Crippen LogP contribution in [0.1, 0.15) is 48.0 Å². The Kier molecular flexibility index (Phi) is 6.32. The third-order valence-corrected chi connectivity index (χ3v) is 8.02. The van der Waals surface area contributed by atoms with Crippen molar-refractivity contribution in [3.05, 3.63) is 52.2 Å². The van der Waals surface area contributed by atoms with Gasteiger partial charge in [-0.1, -0.05) is 18.2 Å². The molecule has 1 aromatic carbocycles. The lowest BCUT2D eigenvalue weighted by molar-refractivity contribution is -0.126. The Morgan fingerprint density at radius 3 is 2.32 bits per heavy atom. The van der Waals surface area contributed by atoms with Crippen molar-refractivity contribution < 1.29 is 18.0 Å². The Morgan fingerprint density at radius 2 is 1.79 bits per heavy atom. The smallest absolute Gasteiger partial charge is 0.243 e. The average molecular weight is 421 g/mol. The van der Waals surface area contributed by atoms with E-state index >= 15 is 0 Å². The van der Waals surface area contributed by atoms with E-state index in [0.29, 0.717) is 31.5 Å². The van der Waals surface area contributed by atoms with Crippen molar-refractivity contribution >= 4 is 33.1 Å². The zero-order valence-corrected chi connectivity index (χ0v) is 17.6. The number of sulfonamides is 1. The number of thiophene rings is 1. The summed E-state index contributed by atoms with van der Waals surface area (Å²) >= 11 is 1.60. The second-order valence-corrected chi connectivity index (χ2v) is 9.92. The van der Waals surface area contributed by atoms with Gasteiger partial charge in [0.25, 0.3) is 0 Å². The number of carbonyl (C=O) groups excluding carboxylic acids is 2. The third-order valence-electron chi connectivity index (χ3n) is 5.05. The van der Waals surface area contributed by atoms with E-state index in [1.807, 2.05) is 24.4 Å². The first-order valence-corrected chi connectivity index (χ1v) is 11.6. The Labute approximate surface area is 169 Å². The Bertz CT molecular complexity index is 929. The van der Waals surface area contributed by atoms with Crippen LogP contribution < -0.4 is 5.32 Å². The predicted molar refractivity (Wildman–Crippen MR) is 109 cm³/mol. The molecule has 0 aliphatic carbocycles. The number of hydrogen-bond donors (Lipinski definition) is 1. The first-order chi connectivity index (χ1) is 13.3. The Balaban J connectivity index is 1.59. The molecule has 0 radical (unpaired) electrons. The number of nitrogens with zero attached hydrogens (tertiary/aromatic N) is 1. The molecular weight excluding hydrogens is 396 g/mol. The highest BCUT2D eigenvalue weighted by atomic mass is 32.2. The number of hydrogen-bond acceptors (Lipinski definition) is 5. The number of ketones is 1. The van der Waals surface area contributed by atoms with Gasteiger partial charge in [0.2, 0.25) is 15.9 Å². The van der Waals surface area contributed by atoms with E-state index in [2.05, 4.69) is 5.32 Å². The van der Waals surface area contributed by atoms with Gasteiger partial charge in [-0.25, -0.2) is 8.42 Å². The summed E-state index contributed by atoms with van der Waals surface area (Å²) in [6, 6.07) is 9.88. The van der Waals surface area contributed by atoms with Gasteiger partial charge in [0.05, 0.1) is 10.9 Å². The summed E-state index contributed by atoms with van der Waals surface area (Å²) in [7, 11) is -3.62. The highest BCUT2D eigenvalue weighted by molar-refractivity contribution is 7.89. The first-order valence-electron chi connectivity index (χ1n) is 9.24. The molecule has 28 heavy (non-hydrogen) atoms. The van der Waals surface area contributed by atoms with Crippen LogP contribution in [0.5, 0.6) is 0 Å². The van der Waals surface area contributed by atoms with E-state index in [1.165, 1.54) is 35.5 Å². The maximum atomic E-state index is 12.8. The Hall–Kier alpha value is -2.03. The SMILES string of the molecule is CC(=O)c1ccc(S(=O)(=O)N2CCC(C(=O)NC(C)c3cccs3)CC2)cc1. The van der Waals surface area contributed by atoms with Crippen LogP contribution in [0.3, 0.4) is 0 Å². The lowest BCUT2D eigenvalue weighted by Crippen LogP contribution is -2.43. The maximum Gasteiger partial charge on any atom is 0.243 e. The first kappa shape index (κ1) is 20.7. The topological polar surface area (TPSA) is 83.6 Å². The van der Waals surface area contributed by atoms with Crippen molar-refractivity contribution in [2.45, 2.75) is 37.6 Å². The molecule has 3 rings (SSSR count). The molecular formula is C20H24N2O4S2. The minimum Gasteiger partial charge on any atom is -0.349 e. The molecule has 150 valence electrons. The van der Waals surface area contributed by atoms with Gasteiger partial charge in [0.15, 0.2) is 5.78 Å². The molecule has 1 N–H and O–H groups in total. The molecule has 1 amide bonds. The van der Waals surface area contributed by atoms with Crippen molar-refractivity contribution in [2.24, 2.45) is 5.92 Å². The summed E-state index contributed by atoms with van der Waals surface area (Å²) in [5.74, 6) is -0.315. The van der Waals surface area contributed by atoms with Crippen LogP contribution in [0, 0.1) is 5.92 Å². The van der Waals surface area contributed by atoms with Crippen molar-refractivity contribution in [2.75, 3.05) is 13.1 Å². The van der Waals surface area contributed by atoms with Crippen molar-refractivity contribution in [3.8, 4) is 0 Å². The molecule has 1 aromatic heterocycles. The van der Waals surface area contributed by atoms with Crippen LogP contribution >= 0.6 is 11.3 Å². The van der Waals surface area contributed by atoms with Crippen molar-refractivity contribution in [1.82, 2.24) is 9.62 Å². The Morgan fingerprint density at radius 1 is 1.14 bits per heavy atom. The molecule has 1 unspecified atom stereocenters. The number of nitrogens with one attached hydrogen (secondary N) is 1. The molecule has 2 aromatic rings. The van der Waals surface area contributed by atoms with E-state index in [1.54, 1.807) is 11.3 Å². The lowest BCUT2D eigenvalue weighted by Gasteiger charge is -2.31. The van der Waals surface area contributed by atoms with Gasteiger partial charge in [-0.05, 0) is 50.3 Å². The molecule has 0 spiro atoms. The number of piperidine rings is 1. The normalized spacial score (nSPS) is 17.2. The van der Waals surface area contributed by atoms with E-state index in [-0.39, 0.29) is 28.5 Å². The molecule has 0 saturated carbocycles. The van der Waals surface area contributed by atoms with Crippen LogP contribution in [0.2, 0.25) is 0 Å². The number of carbonyl (C=O) groups is 2. The van der Waals surface area contributed by atoms with Crippen molar-refractivity contribution in [1.29, 1.82) is 0 Å².